The normalized spacial score (nSPS) is 30.3. The second-order valence-corrected chi connectivity index (χ2v) is 11.3. The van der Waals surface area contributed by atoms with Crippen molar-refractivity contribution in [1.29, 1.82) is 0 Å². The minimum atomic E-state index is -0.748. The first kappa shape index (κ1) is 19.4. The Morgan fingerprint density at radius 2 is 1.10 bits per heavy atom. The van der Waals surface area contributed by atoms with Crippen molar-refractivity contribution in [2.75, 3.05) is 4.90 Å². The number of amides is 2. The number of halogens is 2. The van der Waals surface area contributed by atoms with Crippen LogP contribution in [0.15, 0.2) is 66.7 Å². The number of anilines is 1. The third-order valence-electron chi connectivity index (χ3n) is 7.33. The fourth-order valence-corrected chi connectivity index (χ4v) is 8.09. The van der Waals surface area contributed by atoms with Gasteiger partial charge < -0.3 is 0 Å². The third kappa shape index (κ3) is 2.14. The van der Waals surface area contributed by atoms with Gasteiger partial charge in [0.1, 0.15) is 0 Å². The van der Waals surface area contributed by atoms with Crippen molar-refractivity contribution in [3.05, 3.63) is 100 Å². The van der Waals surface area contributed by atoms with Crippen molar-refractivity contribution in [3.8, 4) is 0 Å². The molecule has 3 nitrogen and oxygen atoms in total. The smallest absolute Gasteiger partial charge is 0.239 e. The van der Waals surface area contributed by atoms with Gasteiger partial charge in [0.15, 0.2) is 0 Å². The highest BCUT2D eigenvalue weighted by Crippen LogP contribution is 2.70. The first-order valence-electron chi connectivity index (χ1n) is 10.3. The molecule has 2 bridgehead atoms. The number of carbonyl (C=O) groups excluding carboxylic acids is 2. The van der Waals surface area contributed by atoms with Crippen molar-refractivity contribution >= 4 is 49.4 Å². The van der Waals surface area contributed by atoms with Crippen LogP contribution in [0.4, 0.5) is 5.69 Å². The molecule has 0 spiro atoms. The summed E-state index contributed by atoms with van der Waals surface area (Å²) in [7, 11) is 0. The van der Waals surface area contributed by atoms with Gasteiger partial charge in [0.25, 0.3) is 0 Å². The SMILES string of the molecule is Cc1ccc(N2C(=O)[C@H]3[C@H](C2=O)C2(Br)c4ccccc4C3(Br)c3ccccc32)cc1C. The van der Waals surface area contributed by atoms with E-state index in [1.54, 1.807) is 0 Å². The van der Waals surface area contributed by atoms with Gasteiger partial charge in [-0.2, -0.15) is 0 Å². The lowest BCUT2D eigenvalue weighted by Crippen LogP contribution is -2.56. The predicted octanol–water partition coefficient (Wildman–Crippen LogP) is 5.71. The molecule has 4 aliphatic rings. The number of carbonyl (C=O) groups is 2. The maximum Gasteiger partial charge on any atom is 0.239 e. The topological polar surface area (TPSA) is 37.4 Å². The Balaban J connectivity index is 1.65. The summed E-state index contributed by atoms with van der Waals surface area (Å²) in [6.45, 7) is 4.03. The van der Waals surface area contributed by atoms with E-state index < -0.39 is 20.5 Å². The number of alkyl halides is 2. The van der Waals surface area contributed by atoms with E-state index in [4.69, 9.17) is 0 Å². The van der Waals surface area contributed by atoms with Crippen molar-refractivity contribution < 1.29 is 9.59 Å². The molecule has 1 aliphatic heterocycles. The highest BCUT2D eigenvalue weighted by atomic mass is 79.9. The number of nitrogens with zero attached hydrogens (tertiary/aromatic N) is 1. The second-order valence-electron chi connectivity index (χ2n) is 8.75. The molecule has 2 atom stereocenters. The van der Waals surface area contributed by atoms with Crippen LogP contribution in [0, 0.1) is 25.7 Å². The Bertz CT molecular complexity index is 1190. The van der Waals surface area contributed by atoms with Crippen LogP contribution in [-0.2, 0) is 18.2 Å². The van der Waals surface area contributed by atoms with Crippen LogP contribution in [-0.4, -0.2) is 11.8 Å². The first-order chi connectivity index (χ1) is 14.8. The number of aryl methyl sites for hydroxylation is 2. The van der Waals surface area contributed by atoms with E-state index in [-0.39, 0.29) is 11.8 Å². The number of hydrogen-bond acceptors (Lipinski definition) is 2. The third-order valence-corrected chi connectivity index (χ3v) is 10.0. The molecule has 3 aromatic rings. The standard InChI is InChI=1S/C26H19Br2NO2/c1-14-11-12-16(13-15(14)2)29-23(30)21-22(24(29)31)26(28)18-8-4-3-7-17(18)25(21,27)19-9-5-6-10-20(19)26/h3-13,21-22H,1-2H3/t21-,22-,25?,26?/m1/s1. The van der Waals surface area contributed by atoms with Gasteiger partial charge in [-0.05, 0) is 59.4 Å². The van der Waals surface area contributed by atoms with E-state index in [2.05, 4.69) is 56.1 Å². The zero-order valence-electron chi connectivity index (χ0n) is 17.0. The summed E-state index contributed by atoms with van der Waals surface area (Å²) in [5, 5.41) is 0. The Morgan fingerprint density at radius 3 is 1.48 bits per heavy atom. The average Bonchev–Trinajstić information content (AvgIpc) is 3.05. The summed E-state index contributed by atoms with van der Waals surface area (Å²) in [4.78, 5) is 29.3. The zero-order chi connectivity index (χ0) is 21.7. The molecule has 0 aromatic heterocycles. The molecule has 0 N–H and O–H groups in total. The largest absolute Gasteiger partial charge is 0.274 e. The van der Waals surface area contributed by atoms with Gasteiger partial charge in [-0.1, -0.05) is 86.5 Å². The van der Waals surface area contributed by atoms with E-state index in [0.29, 0.717) is 5.69 Å². The lowest BCUT2D eigenvalue weighted by molar-refractivity contribution is -0.122. The lowest BCUT2D eigenvalue weighted by atomic mass is 9.54. The molecule has 7 rings (SSSR count). The summed E-state index contributed by atoms with van der Waals surface area (Å²) >= 11 is 8.07. The molecule has 3 aliphatic carbocycles. The predicted molar refractivity (Wildman–Crippen MR) is 128 cm³/mol. The maximum absolute atomic E-state index is 14.0. The van der Waals surface area contributed by atoms with E-state index in [9.17, 15) is 9.59 Å². The van der Waals surface area contributed by atoms with Crippen LogP contribution in [0.25, 0.3) is 0 Å². The minimum Gasteiger partial charge on any atom is -0.274 e. The van der Waals surface area contributed by atoms with Gasteiger partial charge in [-0.3, -0.25) is 9.59 Å². The highest BCUT2D eigenvalue weighted by Gasteiger charge is 2.72. The Hall–Kier alpha value is -2.24. The number of hydrogen-bond donors (Lipinski definition) is 0. The summed E-state index contributed by atoms with van der Waals surface area (Å²) in [5.41, 5.74) is 7.04. The second kappa shape index (κ2) is 6.17. The van der Waals surface area contributed by atoms with Crippen molar-refractivity contribution in [2.24, 2.45) is 11.8 Å². The van der Waals surface area contributed by atoms with Crippen molar-refractivity contribution in [3.63, 3.8) is 0 Å². The highest BCUT2D eigenvalue weighted by molar-refractivity contribution is 9.10. The summed E-state index contributed by atoms with van der Waals surface area (Å²) in [6.07, 6.45) is 0. The van der Waals surface area contributed by atoms with Crippen LogP contribution >= 0.6 is 31.9 Å². The van der Waals surface area contributed by atoms with Crippen molar-refractivity contribution in [1.82, 2.24) is 0 Å². The molecule has 1 heterocycles. The van der Waals surface area contributed by atoms with Crippen molar-refractivity contribution in [2.45, 2.75) is 22.5 Å². The maximum atomic E-state index is 14.0. The molecule has 2 amide bonds. The summed E-state index contributed by atoms with van der Waals surface area (Å²) in [5.74, 6) is -1.37. The molecule has 3 aromatic carbocycles. The van der Waals surface area contributed by atoms with Gasteiger partial charge in [-0.25, -0.2) is 4.90 Å². The molecule has 0 radical (unpaired) electrons. The fourth-order valence-electron chi connectivity index (χ4n) is 5.79. The lowest BCUT2D eigenvalue weighted by Gasteiger charge is -2.55. The molecule has 1 fully saturated rings. The van der Waals surface area contributed by atoms with Crippen LogP contribution in [0.3, 0.4) is 0 Å². The van der Waals surface area contributed by atoms with E-state index in [0.717, 1.165) is 33.4 Å². The van der Waals surface area contributed by atoms with Gasteiger partial charge in [0.2, 0.25) is 11.8 Å². The zero-order valence-corrected chi connectivity index (χ0v) is 20.2. The average molecular weight is 537 g/mol. The fraction of sp³-hybridized carbons (Fsp3) is 0.231. The number of benzene rings is 3. The minimum absolute atomic E-state index is 0.150. The quantitative estimate of drug-likeness (QED) is 0.295. The molecular weight excluding hydrogens is 518 g/mol. The number of imide groups is 1. The van der Waals surface area contributed by atoms with E-state index in [1.165, 1.54) is 4.90 Å². The summed E-state index contributed by atoms with van der Waals surface area (Å²) in [6, 6.07) is 22.1. The monoisotopic (exact) mass is 535 g/mol. The van der Waals surface area contributed by atoms with Crippen LogP contribution in [0.5, 0.6) is 0 Å². The molecule has 154 valence electrons. The Kier molecular flexibility index (Phi) is 3.87. The molecule has 1 saturated heterocycles. The van der Waals surface area contributed by atoms with Crippen LogP contribution in [0.2, 0.25) is 0 Å². The summed E-state index contributed by atoms with van der Waals surface area (Å²) < 4.78 is -1.50. The number of rotatable bonds is 1. The van der Waals surface area contributed by atoms with Crippen LogP contribution < -0.4 is 4.90 Å². The van der Waals surface area contributed by atoms with Gasteiger partial charge in [-0.15, -0.1) is 0 Å². The van der Waals surface area contributed by atoms with Gasteiger partial charge in [0, 0.05) is 0 Å². The van der Waals surface area contributed by atoms with Gasteiger partial charge in [0.05, 0.1) is 26.2 Å². The van der Waals surface area contributed by atoms with Gasteiger partial charge >= 0.3 is 0 Å². The Labute approximate surface area is 197 Å². The van der Waals surface area contributed by atoms with E-state index in [1.807, 2.05) is 56.3 Å². The van der Waals surface area contributed by atoms with Crippen LogP contribution in [0.1, 0.15) is 33.4 Å². The molecule has 0 unspecified atom stereocenters. The molecular formula is C26H19Br2NO2. The Morgan fingerprint density at radius 1 is 0.677 bits per heavy atom. The first-order valence-corrected chi connectivity index (χ1v) is 11.9. The molecule has 31 heavy (non-hydrogen) atoms. The molecule has 5 heteroatoms. The van der Waals surface area contributed by atoms with E-state index >= 15 is 0 Å². The molecule has 0 saturated carbocycles.